The quantitative estimate of drug-likeness (QED) is 0.392. The SMILES string of the molecule is CCc1nc(N(CCOC)CCC(=O)N2CCN(c3ccccc3F)CC2)c2cc(Cl)cc(Cl)c2n1. The first-order valence-electron chi connectivity index (χ1n) is 12.1. The van der Waals surface area contributed by atoms with Crippen LogP contribution in [0.5, 0.6) is 0 Å². The number of methoxy groups -OCH3 is 1. The van der Waals surface area contributed by atoms with Crippen molar-refractivity contribution in [3.63, 3.8) is 0 Å². The molecule has 1 amide bonds. The number of hydrogen-bond acceptors (Lipinski definition) is 6. The number of rotatable bonds is 9. The van der Waals surface area contributed by atoms with Crippen molar-refractivity contribution in [3.05, 3.63) is 58.1 Å². The van der Waals surface area contributed by atoms with Crippen LogP contribution >= 0.6 is 23.2 Å². The third-order valence-electron chi connectivity index (χ3n) is 6.35. The normalized spacial score (nSPS) is 13.9. The summed E-state index contributed by atoms with van der Waals surface area (Å²) >= 11 is 12.8. The minimum atomic E-state index is -0.241. The zero-order chi connectivity index (χ0) is 25.7. The molecule has 1 aromatic heterocycles. The van der Waals surface area contributed by atoms with Gasteiger partial charge in [0.15, 0.2) is 0 Å². The number of benzene rings is 2. The summed E-state index contributed by atoms with van der Waals surface area (Å²) < 4.78 is 19.5. The molecule has 1 aliphatic heterocycles. The standard InChI is InChI=1S/C26H30Cl2FN5O2/c1-3-23-30-25-19(16-18(27)17-20(25)28)26(31-23)34(14-15-36-2)9-8-24(35)33-12-10-32(11-13-33)22-7-5-4-6-21(22)29/h4-7,16-17H,3,8-15H2,1-2H3. The molecular formula is C26H30Cl2FN5O2. The van der Waals surface area contributed by atoms with E-state index in [9.17, 15) is 9.18 Å². The molecule has 4 rings (SSSR count). The number of aromatic nitrogens is 2. The Hall–Kier alpha value is -2.68. The number of anilines is 2. The van der Waals surface area contributed by atoms with Crippen molar-refractivity contribution in [3.8, 4) is 0 Å². The lowest BCUT2D eigenvalue weighted by Gasteiger charge is -2.36. The molecule has 0 atom stereocenters. The van der Waals surface area contributed by atoms with Crippen molar-refractivity contribution in [2.45, 2.75) is 19.8 Å². The van der Waals surface area contributed by atoms with Crippen LogP contribution in [0.25, 0.3) is 10.9 Å². The van der Waals surface area contributed by atoms with Crippen LogP contribution in [-0.2, 0) is 16.0 Å². The van der Waals surface area contributed by atoms with Gasteiger partial charge in [-0.3, -0.25) is 4.79 Å². The number of fused-ring (bicyclic) bond motifs is 1. The molecule has 36 heavy (non-hydrogen) atoms. The number of halogens is 3. The predicted molar refractivity (Wildman–Crippen MR) is 143 cm³/mol. The fourth-order valence-corrected chi connectivity index (χ4v) is 4.94. The second kappa shape index (κ2) is 12.0. The van der Waals surface area contributed by atoms with Crippen molar-refractivity contribution >= 4 is 51.5 Å². The Morgan fingerprint density at radius 3 is 2.56 bits per heavy atom. The summed E-state index contributed by atoms with van der Waals surface area (Å²) in [4.78, 5) is 28.3. The van der Waals surface area contributed by atoms with E-state index in [2.05, 4.69) is 4.98 Å². The Labute approximate surface area is 220 Å². The first-order chi connectivity index (χ1) is 17.4. The van der Waals surface area contributed by atoms with Crippen LogP contribution in [0.3, 0.4) is 0 Å². The largest absolute Gasteiger partial charge is 0.383 e. The number of carbonyl (C=O) groups is 1. The number of ether oxygens (including phenoxy) is 1. The van der Waals surface area contributed by atoms with Crippen molar-refractivity contribution in [2.24, 2.45) is 0 Å². The zero-order valence-electron chi connectivity index (χ0n) is 20.5. The third kappa shape index (κ3) is 5.99. The number of hydrogen-bond donors (Lipinski definition) is 0. The molecule has 3 aromatic rings. The van der Waals surface area contributed by atoms with Crippen molar-refractivity contribution in [1.29, 1.82) is 0 Å². The van der Waals surface area contributed by atoms with Gasteiger partial charge in [-0.05, 0) is 24.3 Å². The highest BCUT2D eigenvalue weighted by atomic mass is 35.5. The maximum Gasteiger partial charge on any atom is 0.224 e. The molecule has 1 saturated heterocycles. The van der Waals surface area contributed by atoms with Gasteiger partial charge < -0.3 is 19.4 Å². The van der Waals surface area contributed by atoms with Gasteiger partial charge in [-0.15, -0.1) is 0 Å². The molecular weight excluding hydrogens is 504 g/mol. The van der Waals surface area contributed by atoms with E-state index in [0.717, 1.165) is 5.39 Å². The number of carbonyl (C=O) groups excluding carboxylic acids is 1. The number of aryl methyl sites for hydroxylation is 1. The maximum atomic E-state index is 14.2. The Bertz CT molecular complexity index is 1220. The molecule has 0 aliphatic carbocycles. The van der Waals surface area contributed by atoms with Gasteiger partial charge in [0.25, 0.3) is 0 Å². The number of amides is 1. The highest BCUT2D eigenvalue weighted by molar-refractivity contribution is 6.38. The van der Waals surface area contributed by atoms with Crippen molar-refractivity contribution in [2.75, 3.05) is 62.8 Å². The van der Waals surface area contributed by atoms with E-state index < -0.39 is 0 Å². The van der Waals surface area contributed by atoms with E-state index in [1.165, 1.54) is 6.07 Å². The average Bonchev–Trinajstić information content (AvgIpc) is 2.88. The molecule has 0 N–H and O–H groups in total. The third-order valence-corrected chi connectivity index (χ3v) is 6.85. The summed E-state index contributed by atoms with van der Waals surface area (Å²) in [6.07, 6.45) is 0.954. The number of para-hydroxylation sites is 1. The van der Waals surface area contributed by atoms with Crippen LogP contribution in [0, 0.1) is 5.82 Å². The zero-order valence-corrected chi connectivity index (χ0v) is 22.0. The molecule has 2 heterocycles. The van der Waals surface area contributed by atoms with Crippen molar-refractivity contribution < 1.29 is 13.9 Å². The van der Waals surface area contributed by atoms with Gasteiger partial charge in [0.1, 0.15) is 17.5 Å². The minimum absolute atomic E-state index is 0.0516. The lowest BCUT2D eigenvalue weighted by Crippen LogP contribution is -2.49. The Kier molecular flexibility index (Phi) is 8.82. The van der Waals surface area contributed by atoms with Crippen LogP contribution in [-0.4, -0.2) is 73.8 Å². The monoisotopic (exact) mass is 533 g/mol. The summed E-state index contributed by atoms with van der Waals surface area (Å²) in [5.41, 5.74) is 1.22. The maximum absolute atomic E-state index is 14.2. The molecule has 1 fully saturated rings. The van der Waals surface area contributed by atoms with E-state index in [1.54, 1.807) is 31.4 Å². The van der Waals surface area contributed by atoms with Gasteiger partial charge in [0.05, 0.1) is 22.8 Å². The van der Waals surface area contributed by atoms with Gasteiger partial charge in [0, 0.05) is 69.6 Å². The van der Waals surface area contributed by atoms with E-state index >= 15 is 0 Å². The van der Waals surface area contributed by atoms with Gasteiger partial charge >= 0.3 is 0 Å². The van der Waals surface area contributed by atoms with Gasteiger partial charge in [-0.2, -0.15) is 0 Å². The van der Waals surface area contributed by atoms with Crippen LogP contribution in [0.1, 0.15) is 19.2 Å². The molecule has 0 radical (unpaired) electrons. The highest BCUT2D eigenvalue weighted by Crippen LogP contribution is 2.32. The first kappa shape index (κ1) is 26.4. The Morgan fingerprint density at radius 1 is 1.11 bits per heavy atom. The Morgan fingerprint density at radius 2 is 1.86 bits per heavy atom. The second-order valence-corrected chi connectivity index (χ2v) is 9.49. The molecule has 192 valence electrons. The van der Waals surface area contributed by atoms with E-state index in [0.29, 0.717) is 91.6 Å². The summed E-state index contributed by atoms with van der Waals surface area (Å²) in [6, 6.07) is 10.2. The topological polar surface area (TPSA) is 61.8 Å². The van der Waals surface area contributed by atoms with Crippen LogP contribution in [0.4, 0.5) is 15.9 Å². The minimum Gasteiger partial charge on any atom is -0.383 e. The van der Waals surface area contributed by atoms with E-state index in [-0.39, 0.29) is 11.7 Å². The average molecular weight is 534 g/mol. The molecule has 0 bridgehead atoms. The second-order valence-electron chi connectivity index (χ2n) is 8.65. The lowest BCUT2D eigenvalue weighted by molar-refractivity contribution is -0.131. The summed E-state index contributed by atoms with van der Waals surface area (Å²) in [6.45, 7) is 5.73. The summed E-state index contributed by atoms with van der Waals surface area (Å²) in [5.74, 6) is 1.17. The fraction of sp³-hybridized carbons (Fsp3) is 0.423. The first-order valence-corrected chi connectivity index (χ1v) is 12.8. The Balaban J connectivity index is 1.48. The van der Waals surface area contributed by atoms with Gasteiger partial charge in [-0.25, -0.2) is 14.4 Å². The fourth-order valence-electron chi connectivity index (χ4n) is 4.40. The smallest absolute Gasteiger partial charge is 0.224 e. The van der Waals surface area contributed by atoms with Crippen LogP contribution in [0.2, 0.25) is 10.0 Å². The summed E-state index contributed by atoms with van der Waals surface area (Å²) in [5, 5.41) is 1.70. The predicted octanol–water partition coefficient (Wildman–Crippen LogP) is 4.83. The van der Waals surface area contributed by atoms with E-state index in [1.807, 2.05) is 27.7 Å². The van der Waals surface area contributed by atoms with Gasteiger partial charge in [0.2, 0.25) is 5.91 Å². The van der Waals surface area contributed by atoms with Crippen molar-refractivity contribution in [1.82, 2.24) is 14.9 Å². The number of piperazine rings is 1. The highest BCUT2D eigenvalue weighted by Gasteiger charge is 2.24. The van der Waals surface area contributed by atoms with Crippen LogP contribution in [0.15, 0.2) is 36.4 Å². The number of nitrogens with zero attached hydrogens (tertiary/aromatic N) is 5. The molecule has 10 heteroatoms. The molecule has 1 aliphatic rings. The molecule has 0 unspecified atom stereocenters. The molecule has 0 saturated carbocycles. The molecule has 2 aromatic carbocycles. The van der Waals surface area contributed by atoms with Crippen LogP contribution < -0.4 is 9.80 Å². The summed E-state index contributed by atoms with van der Waals surface area (Å²) in [7, 11) is 1.64. The van der Waals surface area contributed by atoms with Gasteiger partial charge in [-0.1, -0.05) is 42.3 Å². The molecule has 0 spiro atoms. The van der Waals surface area contributed by atoms with E-state index in [4.69, 9.17) is 32.9 Å². The molecule has 7 nitrogen and oxygen atoms in total. The lowest BCUT2D eigenvalue weighted by atomic mass is 10.2.